The van der Waals surface area contributed by atoms with Crippen LogP contribution in [0.1, 0.15) is 10.4 Å². The summed E-state index contributed by atoms with van der Waals surface area (Å²) in [4.78, 5) is 21.5. The van der Waals surface area contributed by atoms with E-state index in [1.807, 2.05) is 30.5 Å². The van der Waals surface area contributed by atoms with Crippen LogP contribution in [0.5, 0.6) is 0 Å². The van der Waals surface area contributed by atoms with E-state index >= 15 is 0 Å². The molecule has 2 aromatic carbocycles. The van der Waals surface area contributed by atoms with Crippen molar-refractivity contribution in [3.63, 3.8) is 0 Å². The second-order valence-corrected chi connectivity index (χ2v) is 6.92. The van der Waals surface area contributed by atoms with E-state index in [1.165, 1.54) is 0 Å². The minimum Gasteiger partial charge on any atom is -0.306 e. The highest BCUT2D eigenvalue weighted by Gasteiger charge is 2.17. The lowest BCUT2D eigenvalue weighted by molar-refractivity contribution is 0.102. The van der Waals surface area contributed by atoms with E-state index in [4.69, 9.17) is 11.6 Å². The minimum atomic E-state index is -0.224. The van der Waals surface area contributed by atoms with Crippen LogP contribution in [0.25, 0.3) is 17.0 Å². The molecule has 0 unspecified atom stereocenters. The molecular formula is C19H12BrClN4O. The second kappa shape index (κ2) is 6.90. The monoisotopic (exact) mass is 426 g/mol. The highest BCUT2D eigenvalue weighted by molar-refractivity contribution is 9.10. The molecule has 2 aromatic heterocycles. The predicted molar refractivity (Wildman–Crippen MR) is 106 cm³/mol. The molecule has 0 saturated heterocycles. The zero-order chi connectivity index (χ0) is 18.1. The molecule has 0 saturated carbocycles. The van der Waals surface area contributed by atoms with Crippen LogP contribution in [0, 0.1) is 0 Å². The lowest BCUT2D eigenvalue weighted by Gasteiger charge is -2.08. The Hall–Kier alpha value is -2.70. The maximum Gasteiger partial charge on any atom is 0.256 e. The number of hydrogen-bond acceptors (Lipinski definition) is 3. The quantitative estimate of drug-likeness (QED) is 0.497. The van der Waals surface area contributed by atoms with Crippen molar-refractivity contribution in [3.8, 4) is 11.3 Å². The Bertz CT molecular complexity index is 1090. The fourth-order valence-corrected chi connectivity index (χ4v) is 2.99. The fourth-order valence-electron chi connectivity index (χ4n) is 2.60. The molecule has 0 bridgehead atoms. The fraction of sp³-hybridized carbons (Fsp3) is 0. The highest BCUT2D eigenvalue weighted by Crippen LogP contribution is 2.29. The Balaban J connectivity index is 1.79. The molecule has 0 aliphatic rings. The molecule has 5 nitrogen and oxygen atoms in total. The van der Waals surface area contributed by atoms with Crippen molar-refractivity contribution in [2.75, 3.05) is 5.32 Å². The Kier molecular flexibility index (Phi) is 4.44. The summed E-state index contributed by atoms with van der Waals surface area (Å²) >= 11 is 9.35. The number of nitrogens with one attached hydrogen (secondary N) is 1. The summed E-state index contributed by atoms with van der Waals surface area (Å²) in [5.74, 6) is 0.838. The number of anilines is 1. The topological polar surface area (TPSA) is 59.3 Å². The number of imidazole rings is 1. The smallest absolute Gasteiger partial charge is 0.256 e. The first-order valence-corrected chi connectivity index (χ1v) is 8.95. The number of hydrogen-bond donors (Lipinski definition) is 1. The number of amides is 1. The molecular weight excluding hydrogens is 416 g/mol. The zero-order valence-electron chi connectivity index (χ0n) is 13.4. The molecule has 0 radical (unpaired) electrons. The first-order chi connectivity index (χ1) is 12.6. The molecule has 0 atom stereocenters. The van der Waals surface area contributed by atoms with Crippen molar-refractivity contribution in [3.05, 3.63) is 82.0 Å². The third-order valence-electron chi connectivity index (χ3n) is 3.86. The van der Waals surface area contributed by atoms with Gasteiger partial charge < -0.3 is 5.32 Å². The minimum absolute atomic E-state index is 0.224. The van der Waals surface area contributed by atoms with Crippen LogP contribution in [0.4, 0.5) is 5.82 Å². The van der Waals surface area contributed by atoms with E-state index in [9.17, 15) is 4.79 Å². The van der Waals surface area contributed by atoms with Crippen molar-refractivity contribution in [2.24, 2.45) is 0 Å². The van der Waals surface area contributed by atoms with Gasteiger partial charge in [-0.3, -0.25) is 9.20 Å². The number of halogens is 2. The number of fused-ring (bicyclic) bond motifs is 1. The number of benzene rings is 2. The molecule has 1 amide bonds. The van der Waals surface area contributed by atoms with Gasteiger partial charge in [-0.25, -0.2) is 9.97 Å². The Morgan fingerprint density at radius 1 is 1.08 bits per heavy atom. The number of carbonyl (C=O) groups is 1. The summed E-state index contributed by atoms with van der Waals surface area (Å²) in [6, 6.07) is 16.2. The van der Waals surface area contributed by atoms with Crippen LogP contribution in [0.2, 0.25) is 5.02 Å². The van der Waals surface area contributed by atoms with Gasteiger partial charge in [-0.2, -0.15) is 0 Å². The molecule has 0 aliphatic heterocycles. The molecule has 4 aromatic rings. The standard InChI is InChI=1S/C19H12BrClN4O/c20-14-6-2-13(3-7-14)18(26)24-17-16(12-4-8-15(21)9-5-12)23-19-22-10-1-11-25(17)19/h1-11H,(H,24,26). The number of aromatic nitrogens is 3. The maximum absolute atomic E-state index is 12.7. The third kappa shape index (κ3) is 3.21. The van der Waals surface area contributed by atoms with Crippen molar-refractivity contribution < 1.29 is 4.79 Å². The van der Waals surface area contributed by atoms with E-state index < -0.39 is 0 Å². The van der Waals surface area contributed by atoms with Gasteiger partial charge in [-0.15, -0.1) is 0 Å². The summed E-state index contributed by atoms with van der Waals surface area (Å²) in [5, 5.41) is 3.59. The van der Waals surface area contributed by atoms with E-state index in [1.54, 1.807) is 40.9 Å². The van der Waals surface area contributed by atoms with Gasteiger partial charge in [0.15, 0.2) is 0 Å². The molecule has 26 heavy (non-hydrogen) atoms. The highest BCUT2D eigenvalue weighted by atomic mass is 79.9. The summed E-state index contributed by atoms with van der Waals surface area (Å²) in [6.07, 6.45) is 3.47. The summed E-state index contributed by atoms with van der Waals surface area (Å²) in [7, 11) is 0. The average molecular weight is 428 g/mol. The lowest BCUT2D eigenvalue weighted by atomic mass is 10.1. The van der Waals surface area contributed by atoms with Crippen molar-refractivity contribution in [2.45, 2.75) is 0 Å². The third-order valence-corrected chi connectivity index (χ3v) is 4.64. The van der Waals surface area contributed by atoms with Gasteiger partial charge >= 0.3 is 0 Å². The largest absolute Gasteiger partial charge is 0.306 e. The first kappa shape index (κ1) is 16.8. The van der Waals surface area contributed by atoms with Gasteiger partial charge in [0.1, 0.15) is 11.5 Å². The Morgan fingerprint density at radius 3 is 2.54 bits per heavy atom. The molecule has 0 spiro atoms. The zero-order valence-corrected chi connectivity index (χ0v) is 15.7. The number of carbonyl (C=O) groups excluding carboxylic acids is 1. The molecule has 4 rings (SSSR count). The predicted octanol–water partition coefficient (Wildman–Crippen LogP) is 5.06. The van der Waals surface area contributed by atoms with E-state index in [0.29, 0.717) is 27.9 Å². The lowest BCUT2D eigenvalue weighted by Crippen LogP contribution is -2.14. The normalized spacial score (nSPS) is 10.8. The summed E-state index contributed by atoms with van der Waals surface area (Å²) in [6.45, 7) is 0. The molecule has 7 heteroatoms. The molecule has 0 fully saturated rings. The van der Waals surface area contributed by atoms with E-state index in [-0.39, 0.29) is 5.91 Å². The number of rotatable bonds is 3. The van der Waals surface area contributed by atoms with Gasteiger partial charge in [-0.05, 0) is 42.5 Å². The summed E-state index contributed by atoms with van der Waals surface area (Å²) in [5.41, 5.74) is 2.02. The van der Waals surface area contributed by atoms with E-state index in [2.05, 4.69) is 31.2 Å². The van der Waals surface area contributed by atoms with Gasteiger partial charge in [-0.1, -0.05) is 39.7 Å². The molecule has 1 N–H and O–H groups in total. The second-order valence-electron chi connectivity index (χ2n) is 5.57. The average Bonchev–Trinajstić information content (AvgIpc) is 3.01. The van der Waals surface area contributed by atoms with Gasteiger partial charge in [0.2, 0.25) is 5.78 Å². The van der Waals surface area contributed by atoms with Crippen LogP contribution < -0.4 is 5.32 Å². The van der Waals surface area contributed by atoms with Crippen LogP contribution in [0.3, 0.4) is 0 Å². The Morgan fingerprint density at radius 2 is 1.81 bits per heavy atom. The van der Waals surface area contributed by atoms with Crippen molar-refractivity contribution >= 4 is 45.0 Å². The van der Waals surface area contributed by atoms with Crippen LogP contribution >= 0.6 is 27.5 Å². The summed E-state index contributed by atoms with van der Waals surface area (Å²) < 4.78 is 2.66. The van der Waals surface area contributed by atoms with Crippen LogP contribution in [-0.4, -0.2) is 20.3 Å². The Labute approximate surface area is 162 Å². The van der Waals surface area contributed by atoms with Crippen LogP contribution in [0.15, 0.2) is 71.5 Å². The van der Waals surface area contributed by atoms with Gasteiger partial charge in [0, 0.05) is 33.0 Å². The molecule has 2 heterocycles. The number of nitrogens with zero attached hydrogens (tertiary/aromatic N) is 3. The SMILES string of the molecule is O=C(Nc1c(-c2ccc(Cl)cc2)nc2ncccn12)c1ccc(Br)cc1. The molecule has 128 valence electrons. The van der Waals surface area contributed by atoms with Gasteiger partial charge in [0.25, 0.3) is 5.91 Å². The van der Waals surface area contributed by atoms with E-state index in [0.717, 1.165) is 10.0 Å². The van der Waals surface area contributed by atoms with Crippen LogP contribution in [-0.2, 0) is 0 Å². The maximum atomic E-state index is 12.7. The van der Waals surface area contributed by atoms with Gasteiger partial charge in [0.05, 0.1) is 0 Å². The van der Waals surface area contributed by atoms with Crippen molar-refractivity contribution in [1.82, 2.24) is 14.4 Å². The first-order valence-electron chi connectivity index (χ1n) is 7.78. The molecule has 0 aliphatic carbocycles. The van der Waals surface area contributed by atoms with Crippen molar-refractivity contribution in [1.29, 1.82) is 0 Å².